The molecule has 0 radical (unpaired) electrons. The van der Waals surface area contributed by atoms with Gasteiger partial charge >= 0.3 is 0 Å². The second-order valence-electron chi connectivity index (χ2n) is 4.41. The standard InChI is InChI=1S/C11H22N2O2/c1-10(15)12-7-8-13-11(9-14)5-3-2-4-6-11/h13-14H,2-9H2,1H3,(H,12,15). The van der Waals surface area contributed by atoms with Gasteiger partial charge < -0.3 is 15.7 Å². The van der Waals surface area contributed by atoms with Crippen LogP contribution < -0.4 is 10.6 Å². The molecule has 1 aliphatic rings. The number of amides is 1. The molecule has 1 fully saturated rings. The summed E-state index contributed by atoms with van der Waals surface area (Å²) in [7, 11) is 0. The van der Waals surface area contributed by atoms with Gasteiger partial charge in [0.05, 0.1) is 6.61 Å². The van der Waals surface area contributed by atoms with Crippen LogP contribution in [0, 0.1) is 0 Å². The Kier molecular flexibility index (Phi) is 5.05. The fraction of sp³-hybridized carbons (Fsp3) is 0.909. The average Bonchev–Trinajstić information content (AvgIpc) is 2.26. The van der Waals surface area contributed by atoms with E-state index in [1.165, 1.54) is 26.2 Å². The van der Waals surface area contributed by atoms with Gasteiger partial charge in [0, 0.05) is 25.6 Å². The molecule has 1 saturated carbocycles. The first-order chi connectivity index (χ1) is 7.18. The molecule has 1 amide bonds. The molecule has 88 valence electrons. The van der Waals surface area contributed by atoms with E-state index in [0.29, 0.717) is 6.54 Å². The van der Waals surface area contributed by atoms with Crippen LogP contribution in [0.2, 0.25) is 0 Å². The molecule has 0 heterocycles. The number of aliphatic hydroxyl groups is 1. The van der Waals surface area contributed by atoms with Gasteiger partial charge in [-0.1, -0.05) is 19.3 Å². The fourth-order valence-electron chi connectivity index (χ4n) is 2.19. The van der Waals surface area contributed by atoms with E-state index in [1.54, 1.807) is 0 Å². The summed E-state index contributed by atoms with van der Waals surface area (Å²) in [4.78, 5) is 10.7. The normalized spacial score (nSPS) is 19.9. The topological polar surface area (TPSA) is 61.4 Å². The van der Waals surface area contributed by atoms with E-state index in [2.05, 4.69) is 10.6 Å². The van der Waals surface area contributed by atoms with Crippen molar-refractivity contribution in [3.63, 3.8) is 0 Å². The summed E-state index contributed by atoms with van der Waals surface area (Å²) in [5.74, 6) is -0.00140. The third-order valence-electron chi connectivity index (χ3n) is 3.11. The SMILES string of the molecule is CC(=O)NCCNC1(CO)CCCCC1. The third kappa shape index (κ3) is 4.18. The van der Waals surface area contributed by atoms with Crippen LogP contribution in [0.25, 0.3) is 0 Å². The van der Waals surface area contributed by atoms with Crippen LogP contribution in [0.4, 0.5) is 0 Å². The number of nitrogens with one attached hydrogen (secondary N) is 2. The maximum absolute atomic E-state index is 10.7. The van der Waals surface area contributed by atoms with E-state index in [1.807, 2.05) is 0 Å². The van der Waals surface area contributed by atoms with Crippen LogP contribution in [-0.4, -0.2) is 36.2 Å². The average molecular weight is 214 g/mol. The summed E-state index contributed by atoms with van der Waals surface area (Å²) >= 11 is 0. The first kappa shape index (κ1) is 12.5. The van der Waals surface area contributed by atoms with Crippen molar-refractivity contribution in [2.75, 3.05) is 19.7 Å². The highest BCUT2D eigenvalue weighted by atomic mass is 16.3. The third-order valence-corrected chi connectivity index (χ3v) is 3.11. The lowest BCUT2D eigenvalue weighted by atomic mass is 9.82. The predicted octanol–water partition coefficient (Wildman–Crippen LogP) is 0.407. The minimum Gasteiger partial charge on any atom is -0.394 e. The lowest BCUT2D eigenvalue weighted by Gasteiger charge is -2.36. The van der Waals surface area contributed by atoms with Crippen LogP contribution in [0.3, 0.4) is 0 Å². The minimum absolute atomic E-state index is 0.00140. The van der Waals surface area contributed by atoms with Crippen molar-refractivity contribution in [2.45, 2.75) is 44.6 Å². The molecule has 1 rings (SSSR count). The summed E-state index contributed by atoms with van der Waals surface area (Å²) in [5.41, 5.74) is -0.0866. The molecule has 0 unspecified atom stereocenters. The summed E-state index contributed by atoms with van der Waals surface area (Å²) in [6, 6.07) is 0. The van der Waals surface area contributed by atoms with Crippen molar-refractivity contribution in [1.29, 1.82) is 0 Å². The molecular formula is C11H22N2O2. The highest BCUT2D eigenvalue weighted by molar-refractivity contribution is 5.72. The van der Waals surface area contributed by atoms with Gasteiger partial charge in [-0.2, -0.15) is 0 Å². The Morgan fingerprint density at radius 1 is 1.27 bits per heavy atom. The molecule has 0 spiro atoms. The second kappa shape index (κ2) is 6.08. The summed E-state index contributed by atoms with van der Waals surface area (Å²) in [5, 5.41) is 15.5. The quantitative estimate of drug-likeness (QED) is 0.581. The van der Waals surface area contributed by atoms with Gasteiger partial charge in [-0.25, -0.2) is 0 Å². The zero-order valence-corrected chi connectivity index (χ0v) is 9.51. The molecule has 3 N–H and O–H groups in total. The number of hydrogen-bond donors (Lipinski definition) is 3. The first-order valence-electron chi connectivity index (χ1n) is 5.79. The smallest absolute Gasteiger partial charge is 0.216 e. The van der Waals surface area contributed by atoms with Crippen molar-refractivity contribution in [3.8, 4) is 0 Å². The number of hydrogen-bond acceptors (Lipinski definition) is 3. The fourth-order valence-corrected chi connectivity index (χ4v) is 2.19. The highest BCUT2D eigenvalue weighted by Gasteiger charge is 2.30. The molecular weight excluding hydrogens is 192 g/mol. The van der Waals surface area contributed by atoms with Gasteiger partial charge in [-0.3, -0.25) is 4.79 Å². The van der Waals surface area contributed by atoms with Crippen LogP contribution in [-0.2, 0) is 4.79 Å². The van der Waals surface area contributed by atoms with E-state index in [9.17, 15) is 9.90 Å². The Labute approximate surface area is 91.4 Å². The van der Waals surface area contributed by atoms with Crippen LogP contribution in [0.1, 0.15) is 39.0 Å². The maximum atomic E-state index is 10.7. The molecule has 0 aromatic rings. The second-order valence-corrected chi connectivity index (χ2v) is 4.41. The van der Waals surface area contributed by atoms with Crippen molar-refractivity contribution in [2.24, 2.45) is 0 Å². The van der Waals surface area contributed by atoms with Crippen LogP contribution in [0.15, 0.2) is 0 Å². The summed E-state index contributed by atoms with van der Waals surface area (Å²) in [6.45, 7) is 3.09. The van der Waals surface area contributed by atoms with Gasteiger partial charge in [0.2, 0.25) is 5.91 Å². The van der Waals surface area contributed by atoms with Gasteiger partial charge in [-0.05, 0) is 12.8 Å². The number of rotatable bonds is 5. The minimum atomic E-state index is -0.0866. The van der Waals surface area contributed by atoms with Crippen molar-refractivity contribution in [3.05, 3.63) is 0 Å². The molecule has 4 nitrogen and oxygen atoms in total. The predicted molar refractivity (Wildman–Crippen MR) is 59.6 cm³/mol. The Bertz CT molecular complexity index is 201. The molecule has 0 aliphatic heterocycles. The summed E-state index contributed by atoms with van der Waals surface area (Å²) < 4.78 is 0. The molecule has 0 aromatic carbocycles. The Morgan fingerprint density at radius 3 is 2.47 bits per heavy atom. The van der Waals surface area contributed by atoms with E-state index < -0.39 is 0 Å². The molecule has 1 aliphatic carbocycles. The van der Waals surface area contributed by atoms with Gasteiger partial charge in [-0.15, -0.1) is 0 Å². The Morgan fingerprint density at radius 2 is 1.93 bits per heavy atom. The zero-order chi connectivity index (χ0) is 11.1. The number of carbonyl (C=O) groups is 1. The maximum Gasteiger partial charge on any atom is 0.216 e. The largest absolute Gasteiger partial charge is 0.394 e. The van der Waals surface area contributed by atoms with E-state index >= 15 is 0 Å². The van der Waals surface area contributed by atoms with E-state index in [0.717, 1.165) is 19.4 Å². The van der Waals surface area contributed by atoms with Crippen LogP contribution >= 0.6 is 0 Å². The lowest BCUT2D eigenvalue weighted by molar-refractivity contribution is -0.118. The zero-order valence-electron chi connectivity index (χ0n) is 9.51. The Hall–Kier alpha value is -0.610. The van der Waals surface area contributed by atoms with Gasteiger partial charge in [0.1, 0.15) is 0 Å². The van der Waals surface area contributed by atoms with Crippen LogP contribution in [0.5, 0.6) is 0 Å². The summed E-state index contributed by atoms with van der Waals surface area (Å²) in [6.07, 6.45) is 5.74. The molecule has 0 atom stereocenters. The van der Waals surface area contributed by atoms with Crippen molar-refractivity contribution >= 4 is 5.91 Å². The monoisotopic (exact) mass is 214 g/mol. The van der Waals surface area contributed by atoms with E-state index in [4.69, 9.17) is 0 Å². The van der Waals surface area contributed by atoms with Gasteiger partial charge in [0.25, 0.3) is 0 Å². The first-order valence-corrected chi connectivity index (χ1v) is 5.79. The highest BCUT2D eigenvalue weighted by Crippen LogP contribution is 2.27. The van der Waals surface area contributed by atoms with E-state index in [-0.39, 0.29) is 18.1 Å². The van der Waals surface area contributed by atoms with Crippen molar-refractivity contribution in [1.82, 2.24) is 10.6 Å². The molecule has 4 heteroatoms. The molecule has 0 bridgehead atoms. The molecule has 15 heavy (non-hydrogen) atoms. The number of carbonyl (C=O) groups excluding carboxylic acids is 1. The molecule has 0 aromatic heterocycles. The molecule has 0 saturated heterocycles. The van der Waals surface area contributed by atoms with Gasteiger partial charge in [0.15, 0.2) is 0 Å². The Balaban J connectivity index is 2.23. The van der Waals surface area contributed by atoms with Crippen molar-refractivity contribution < 1.29 is 9.90 Å². The lowest BCUT2D eigenvalue weighted by Crippen LogP contribution is -2.51. The number of aliphatic hydroxyl groups excluding tert-OH is 1.